The number of hydrogen-bond acceptors (Lipinski definition) is 5. The zero-order valence-electron chi connectivity index (χ0n) is 10.2. The van der Waals surface area contributed by atoms with Crippen molar-refractivity contribution >= 4 is 22.7 Å². The molecule has 19 heavy (non-hydrogen) atoms. The van der Waals surface area contributed by atoms with Gasteiger partial charge < -0.3 is 11.5 Å². The first-order valence-electron chi connectivity index (χ1n) is 5.94. The summed E-state index contributed by atoms with van der Waals surface area (Å²) in [7, 11) is 0. The summed E-state index contributed by atoms with van der Waals surface area (Å²) in [5.41, 5.74) is 14.4. The summed E-state index contributed by atoms with van der Waals surface area (Å²) in [5.74, 6) is 0.687. The van der Waals surface area contributed by atoms with Gasteiger partial charge in [-0.05, 0) is 11.6 Å². The molecule has 5 nitrogen and oxygen atoms in total. The van der Waals surface area contributed by atoms with Crippen LogP contribution in [0.3, 0.4) is 0 Å². The Morgan fingerprint density at radius 1 is 0.947 bits per heavy atom. The van der Waals surface area contributed by atoms with Crippen LogP contribution in [0.4, 0.5) is 11.8 Å². The van der Waals surface area contributed by atoms with Gasteiger partial charge in [-0.3, -0.25) is 0 Å². The zero-order chi connectivity index (χ0) is 13.2. The van der Waals surface area contributed by atoms with Gasteiger partial charge in [-0.25, -0.2) is 15.0 Å². The lowest BCUT2D eigenvalue weighted by Gasteiger charge is -2.08. The highest BCUT2D eigenvalue weighted by Gasteiger charge is 2.10. The summed E-state index contributed by atoms with van der Waals surface area (Å²) in [4.78, 5) is 12.6. The smallest absolute Gasteiger partial charge is 0.220 e. The summed E-state index contributed by atoms with van der Waals surface area (Å²) in [6.07, 6.45) is 2.27. The van der Waals surface area contributed by atoms with E-state index in [4.69, 9.17) is 11.5 Å². The zero-order valence-corrected chi connectivity index (χ0v) is 10.2. The number of nitrogen functional groups attached to an aromatic ring is 2. The van der Waals surface area contributed by atoms with Gasteiger partial charge in [0.2, 0.25) is 5.95 Å². The number of nitrogens with zero attached hydrogens (tertiary/aromatic N) is 3. The molecule has 0 aliphatic heterocycles. The molecule has 1 aromatic carbocycles. The highest BCUT2D eigenvalue weighted by molar-refractivity contribution is 5.90. The average Bonchev–Trinajstić information content (AvgIpc) is 2.39. The molecule has 0 saturated heterocycles. The first-order valence-corrected chi connectivity index (χ1v) is 5.94. The predicted molar refractivity (Wildman–Crippen MR) is 75.4 cm³/mol. The molecular weight excluding hydrogens is 238 g/mol. The maximum absolute atomic E-state index is 5.93. The van der Waals surface area contributed by atoms with E-state index in [2.05, 4.69) is 15.0 Å². The largest absolute Gasteiger partial charge is 0.383 e. The van der Waals surface area contributed by atoms with Crippen molar-refractivity contribution in [3.8, 4) is 0 Å². The Morgan fingerprint density at radius 2 is 1.74 bits per heavy atom. The number of benzene rings is 1. The molecule has 0 amide bonds. The van der Waals surface area contributed by atoms with Crippen molar-refractivity contribution in [2.24, 2.45) is 0 Å². The molecule has 0 atom stereocenters. The molecule has 0 unspecified atom stereocenters. The van der Waals surface area contributed by atoms with Gasteiger partial charge in [-0.2, -0.15) is 0 Å². The second-order valence-corrected chi connectivity index (χ2v) is 4.28. The Balaban J connectivity index is 2.17. The second kappa shape index (κ2) is 4.53. The average molecular weight is 251 g/mol. The Hall–Kier alpha value is -2.69. The van der Waals surface area contributed by atoms with E-state index in [-0.39, 0.29) is 5.95 Å². The maximum atomic E-state index is 5.93. The molecule has 0 bridgehead atoms. The number of nitrogens with two attached hydrogens (primary N) is 2. The third kappa shape index (κ3) is 2.18. The Labute approximate surface area is 110 Å². The number of rotatable bonds is 2. The van der Waals surface area contributed by atoms with Gasteiger partial charge in [0.1, 0.15) is 5.82 Å². The van der Waals surface area contributed by atoms with E-state index in [0.29, 0.717) is 12.2 Å². The fourth-order valence-corrected chi connectivity index (χ4v) is 2.12. The molecule has 94 valence electrons. The van der Waals surface area contributed by atoms with Crippen LogP contribution in [0.2, 0.25) is 0 Å². The Kier molecular flexibility index (Phi) is 2.72. The summed E-state index contributed by atoms with van der Waals surface area (Å²) in [6.45, 7) is 0. The molecule has 2 heterocycles. The number of hydrogen-bond donors (Lipinski definition) is 2. The normalized spacial score (nSPS) is 10.7. The summed E-state index contributed by atoms with van der Waals surface area (Å²) >= 11 is 0. The minimum absolute atomic E-state index is 0.254. The molecule has 0 aliphatic rings. The number of aromatic nitrogens is 3. The van der Waals surface area contributed by atoms with E-state index in [1.807, 2.05) is 30.3 Å². The molecule has 0 saturated carbocycles. The topological polar surface area (TPSA) is 90.7 Å². The summed E-state index contributed by atoms with van der Waals surface area (Å²) in [6, 6.07) is 11.8. The predicted octanol–water partition coefficient (Wildman–Crippen LogP) is 1.78. The SMILES string of the molecule is Nc1nc(Cc2ccccc2)c2c(N)nccc2n1. The van der Waals surface area contributed by atoms with Gasteiger partial charge in [0.25, 0.3) is 0 Å². The first-order chi connectivity index (χ1) is 9.24. The summed E-state index contributed by atoms with van der Waals surface area (Å²) in [5, 5.41) is 0.778. The van der Waals surface area contributed by atoms with Crippen molar-refractivity contribution < 1.29 is 0 Å². The van der Waals surface area contributed by atoms with Gasteiger partial charge in [-0.15, -0.1) is 0 Å². The molecule has 0 aliphatic carbocycles. The van der Waals surface area contributed by atoms with Gasteiger partial charge in [0.05, 0.1) is 16.6 Å². The van der Waals surface area contributed by atoms with Crippen LogP contribution in [0, 0.1) is 0 Å². The van der Waals surface area contributed by atoms with Crippen molar-refractivity contribution in [2.45, 2.75) is 6.42 Å². The van der Waals surface area contributed by atoms with Crippen molar-refractivity contribution in [2.75, 3.05) is 11.5 Å². The van der Waals surface area contributed by atoms with Crippen molar-refractivity contribution in [3.63, 3.8) is 0 Å². The maximum Gasteiger partial charge on any atom is 0.220 e. The van der Waals surface area contributed by atoms with Gasteiger partial charge >= 0.3 is 0 Å². The summed E-state index contributed by atoms with van der Waals surface area (Å²) < 4.78 is 0. The Bertz CT molecular complexity index is 724. The molecule has 0 spiro atoms. The minimum atomic E-state index is 0.254. The van der Waals surface area contributed by atoms with E-state index < -0.39 is 0 Å². The molecule has 2 aromatic heterocycles. The molecule has 3 aromatic rings. The van der Waals surface area contributed by atoms with E-state index >= 15 is 0 Å². The molecule has 0 radical (unpaired) electrons. The van der Waals surface area contributed by atoms with Crippen LogP contribution >= 0.6 is 0 Å². The third-order valence-corrected chi connectivity index (χ3v) is 2.95. The Morgan fingerprint density at radius 3 is 2.53 bits per heavy atom. The van der Waals surface area contributed by atoms with Crippen LogP contribution in [-0.2, 0) is 6.42 Å². The standard InChI is InChI=1S/C14H13N5/c15-13-12-10(6-7-17-13)18-14(16)19-11(12)8-9-4-2-1-3-5-9/h1-7H,8H2,(H2,15,17)(H2,16,18,19). The second-order valence-electron chi connectivity index (χ2n) is 4.28. The molecule has 5 heteroatoms. The number of anilines is 2. The lowest BCUT2D eigenvalue weighted by atomic mass is 10.1. The van der Waals surface area contributed by atoms with Crippen LogP contribution in [-0.4, -0.2) is 15.0 Å². The van der Waals surface area contributed by atoms with Crippen LogP contribution in [0.1, 0.15) is 11.3 Å². The molecule has 0 fully saturated rings. The monoisotopic (exact) mass is 251 g/mol. The van der Waals surface area contributed by atoms with Crippen LogP contribution in [0.5, 0.6) is 0 Å². The van der Waals surface area contributed by atoms with Crippen molar-refractivity contribution in [1.29, 1.82) is 0 Å². The van der Waals surface area contributed by atoms with E-state index in [1.54, 1.807) is 12.3 Å². The fourth-order valence-electron chi connectivity index (χ4n) is 2.12. The quantitative estimate of drug-likeness (QED) is 0.724. The van der Waals surface area contributed by atoms with E-state index in [1.165, 1.54) is 0 Å². The lowest BCUT2D eigenvalue weighted by molar-refractivity contribution is 1.07. The van der Waals surface area contributed by atoms with Crippen LogP contribution in [0.25, 0.3) is 10.9 Å². The van der Waals surface area contributed by atoms with E-state index in [9.17, 15) is 0 Å². The first kappa shape index (κ1) is 11.4. The minimum Gasteiger partial charge on any atom is -0.383 e. The lowest BCUT2D eigenvalue weighted by Crippen LogP contribution is -2.04. The van der Waals surface area contributed by atoms with Crippen molar-refractivity contribution in [1.82, 2.24) is 15.0 Å². The molecular formula is C14H13N5. The van der Waals surface area contributed by atoms with Crippen LogP contribution < -0.4 is 11.5 Å². The van der Waals surface area contributed by atoms with Gasteiger partial charge in [0.15, 0.2) is 0 Å². The molecule has 3 rings (SSSR count). The van der Waals surface area contributed by atoms with Crippen LogP contribution in [0.15, 0.2) is 42.6 Å². The number of fused-ring (bicyclic) bond motifs is 1. The fraction of sp³-hybridized carbons (Fsp3) is 0.0714. The number of pyridine rings is 1. The highest BCUT2D eigenvalue weighted by atomic mass is 15.0. The van der Waals surface area contributed by atoms with Gasteiger partial charge in [0, 0.05) is 12.6 Å². The van der Waals surface area contributed by atoms with E-state index in [0.717, 1.165) is 22.2 Å². The van der Waals surface area contributed by atoms with Gasteiger partial charge in [-0.1, -0.05) is 30.3 Å². The van der Waals surface area contributed by atoms with Crippen molar-refractivity contribution in [3.05, 3.63) is 53.9 Å². The highest BCUT2D eigenvalue weighted by Crippen LogP contribution is 2.23. The third-order valence-electron chi connectivity index (χ3n) is 2.95. The molecule has 4 N–H and O–H groups in total.